The molecular weight excluding hydrogens is 314 g/mol. The number of ether oxygens (including phenoxy) is 1. The lowest BCUT2D eigenvalue weighted by molar-refractivity contribution is 0.0148. The van der Waals surface area contributed by atoms with Crippen LogP contribution in [0.15, 0.2) is 18.2 Å². The van der Waals surface area contributed by atoms with E-state index in [0.29, 0.717) is 25.9 Å². The van der Waals surface area contributed by atoms with Gasteiger partial charge in [-0.05, 0) is 63.8 Å². The number of nitriles is 1. The second-order valence-corrected chi connectivity index (χ2v) is 7.27. The first kappa shape index (κ1) is 18.2. The van der Waals surface area contributed by atoms with Crippen LogP contribution in [0.2, 0.25) is 0 Å². The topological polar surface area (TPSA) is 53.3 Å². The molecule has 0 saturated carbocycles. The van der Waals surface area contributed by atoms with Gasteiger partial charge in [0.05, 0.1) is 11.5 Å². The van der Waals surface area contributed by atoms with Gasteiger partial charge in [-0.3, -0.25) is 0 Å². The van der Waals surface area contributed by atoms with Crippen molar-refractivity contribution in [2.45, 2.75) is 45.6 Å². The van der Waals surface area contributed by atoms with E-state index in [1.165, 1.54) is 0 Å². The van der Waals surface area contributed by atoms with Crippen molar-refractivity contribution in [3.05, 3.63) is 35.4 Å². The Bertz CT molecular complexity index is 654. The summed E-state index contributed by atoms with van der Waals surface area (Å²) in [7, 11) is 0. The quantitative estimate of drug-likeness (QED) is 0.819. The summed E-state index contributed by atoms with van der Waals surface area (Å²) in [4.78, 5) is 13.6. The van der Waals surface area contributed by atoms with Crippen molar-refractivity contribution in [2.24, 2.45) is 5.41 Å². The van der Waals surface area contributed by atoms with Gasteiger partial charge in [-0.15, -0.1) is 0 Å². The molecule has 1 saturated heterocycles. The molecule has 6 heteroatoms. The van der Waals surface area contributed by atoms with E-state index in [9.17, 15) is 18.8 Å². The van der Waals surface area contributed by atoms with Crippen LogP contribution in [0.5, 0.6) is 0 Å². The maximum absolute atomic E-state index is 13.9. The third-order valence-electron chi connectivity index (χ3n) is 4.15. The standard InChI is InChI=1S/C18H22F2N2O2/c1-17(2,3)24-16(23)22-8-6-18(12-21,7-9-22)11-13-10-14(19)4-5-15(13)20/h4-5,10H,6-9,11H2,1-3H3. The summed E-state index contributed by atoms with van der Waals surface area (Å²) in [5.41, 5.74) is -1.18. The van der Waals surface area contributed by atoms with Gasteiger partial charge in [0.1, 0.15) is 17.2 Å². The highest BCUT2D eigenvalue weighted by Crippen LogP contribution is 2.35. The molecule has 1 aromatic carbocycles. The maximum atomic E-state index is 13.9. The average Bonchev–Trinajstić information content (AvgIpc) is 2.50. The lowest BCUT2D eigenvalue weighted by Gasteiger charge is -2.38. The van der Waals surface area contributed by atoms with Gasteiger partial charge in [-0.2, -0.15) is 5.26 Å². The fraction of sp³-hybridized carbons (Fsp3) is 0.556. The van der Waals surface area contributed by atoms with Gasteiger partial charge in [0, 0.05) is 13.1 Å². The minimum atomic E-state index is -0.798. The van der Waals surface area contributed by atoms with E-state index in [0.717, 1.165) is 18.2 Å². The van der Waals surface area contributed by atoms with Gasteiger partial charge in [-0.1, -0.05) is 0 Å². The fourth-order valence-corrected chi connectivity index (χ4v) is 2.82. The second kappa shape index (κ2) is 6.76. The normalized spacial score (nSPS) is 17.2. The van der Waals surface area contributed by atoms with E-state index in [1.807, 2.05) is 0 Å². The number of hydrogen-bond donors (Lipinski definition) is 0. The van der Waals surface area contributed by atoms with E-state index < -0.39 is 28.7 Å². The Balaban J connectivity index is 2.05. The molecule has 24 heavy (non-hydrogen) atoms. The lowest BCUT2D eigenvalue weighted by atomic mass is 9.75. The molecule has 0 bridgehead atoms. The molecule has 0 radical (unpaired) electrons. The van der Waals surface area contributed by atoms with Crippen molar-refractivity contribution in [2.75, 3.05) is 13.1 Å². The predicted molar refractivity (Wildman–Crippen MR) is 85.1 cm³/mol. The van der Waals surface area contributed by atoms with Crippen molar-refractivity contribution in [1.29, 1.82) is 5.26 Å². The predicted octanol–water partition coefficient (Wildman–Crippen LogP) is 4.05. The molecule has 1 aliphatic rings. The molecule has 1 fully saturated rings. The molecule has 0 aromatic heterocycles. The fourth-order valence-electron chi connectivity index (χ4n) is 2.82. The molecule has 130 valence electrons. The summed E-state index contributed by atoms with van der Waals surface area (Å²) in [6.07, 6.45) is 0.526. The summed E-state index contributed by atoms with van der Waals surface area (Å²) in [6, 6.07) is 5.52. The van der Waals surface area contributed by atoms with Gasteiger partial charge in [-0.25, -0.2) is 13.6 Å². The number of amides is 1. The first-order valence-corrected chi connectivity index (χ1v) is 7.97. The molecule has 0 atom stereocenters. The molecule has 0 unspecified atom stereocenters. The first-order chi connectivity index (χ1) is 11.1. The Morgan fingerprint density at radius 2 is 1.96 bits per heavy atom. The number of carbonyl (C=O) groups excluding carboxylic acids is 1. The van der Waals surface area contributed by atoms with Gasteiger partial charge in [0.15, 0.2) is 0 Å². The van der Waals surface area contributed by atoms with Crippen LogP contribution in [0.1, 0.15) is 39.2 Å². The van der Waals surface area contributed by atoms with Crippen LogP contribution in [0.25, 0.3) is 0 Å². The number of piperidine rings is 1. The highest BCUT2D eigenvalue weighted by atomic mass is 19.1. The van der Waals surface area contributed by atoms with Crippen LogP contribution < -0.4 is 0 Å². The third-order valence-corrected chi connectivity index (χ3v) is 4.15. The summed E-state index contributed by atoms with van der Waals surface area (Å²) in [5.74, 6) is -1.04. The van der Waals surface area contributed by atoms with Crippen LogP contribution in [-0.2, 0) is 11.2 Å². The van der Waals surface area contributed by atoms with Crippen LogP contribution in [-0.4, -0.2) is 29.7 Å². The molecule has 0 aliphatic carbocycles. The Morgan fingerprint density at radius 1 is 1.33 bits per heavy atom. The number of halogens is 2. The van der Waals surface area contributed by atoms with E-state index in [4.69, 9.17) is 4.74 Å². The number of benzene rings is 1. The molecule has 1 heterocycles. The van der Waals surface area contributed by atoms with Gasteiger partial charge < -0.3 is 9.64 Å². The van der Waals surface area contributed by atoms with Crippen molar-refractivity contribution < 1.29 is 18.3 Å². The minimum absolute atomic E-state index is 0.134. The van der Waals surface area contributed by atoms with Crippen LogP contribution in [0.4, 0.5) is 13.6 Å². The van der Waals surface area contributed by atoms with E-state index in [2.05, 4.69) is 6.07 Å². The van der Waals surface area contributed by atoms with Crippen molar-refractivity contribution in [3.8, 4) is 6.07 Å². The zero-order valence-corrected chi connectivity index (χ0v) is 14.2. The third kappa shape index (κ3) is 4.44. The Labute approximate surface area is 141 Å². The molecule has 0 spiro atoms. The molecule has 0 N–H and O–H groups in total. The van der Waals surface area contributed by atoms with E-state index in [-0.39, 0.29) is 12.0 Å². The van der Waals surface area contributed by atoms with Gasteiger partial charge in [0.25, 0.3) is 0 Å². The summed E-state index contributed by atoms with van der Waals surface area (Å²) in [6.45, 7) is 6.10. The molecule has 1 aliphatic heterocycles. The second-order valence-electron chi connectivity index (χ2n) is 7.27. The zero-order valence-electron chi connectivity index (χ0n) is 14.2. The maximum Gasteiger partial charge on any atom is 0.410 e. The SMILES string of the molecule is CC(C)(C)OC(=O)N1CCC(C#N)(Cc2cc(F)ccc2F)CC1. The summed E-state index contributed by atoms with van der Waals surface area (Å²) >= 11 is 0. The molecule has 2 rings (SSSR count). The van der Waals surface area contributed by atoms with E-state index >= 15 is 0 Å². The average molecular weight is 336 g/mol. The Kier molecular flexibility index (Phi) is 5.12. The van der Waals surface area contributed by atoms with Crippen molar-refractivity contribution >= 4 is 6.09 Å². The van der Waals surface area contributed by atoms with Crippen LogP contribution >= 0.6 is 0 Å². The monoisotopic (exact) mass is 336 g/mol. The Morgan fingerprint density at radius 3 is 2.50 bits per heavy atom. The summed E-state index contributed by atoms with van der Waals surface area (Å²) < 4.78 is 32.5. The number of carbonyl (C=O) groups is 1. The zero-order chi connectivity index (χ0) is 18.0. The smallest absolute Gasteiger partial charge is 0.410 e. The molecule has 1 aromatic rings. The van der Waals surface area contributed by atoms with E-state index in [1.54, 1.807) is 25.7 Å². The molecular formula is C18H22F2N2O2. The van der Waals surface area contributed by atoms with Crippen LogP contribution in [0.3, 0.4) is 0 Å². The highest BCUT2D eigenvalue weighted by Gasteiger charge is 2.38. The number of hydrogen-bond acceptors (Lipinski definition) is 3. The van der Waals surface area contributed by atoms with Crippen molar-refractivity contribution in [3.63, 3.8) is 0 Å². The molecule has 4 nitrogen and oxygen atoms in total. The summed E-state index contributed by atoms with van der Waals surface area (Å²) in [5, 5.41) is 9.57. The van der Waals surface area contributed by atoms with Gasteiger partial charge >= 0.3 is 6.09 Å². The number of nitrogens with zero attached hydrogens (tertiary/aromatic N) is 2. The van der Waals surface area contributed by atoms with Gasteiger partial charge in [0.2, 0.25) is 0 Å². The highest BCUT2D eigenvalue weighted by molar-refractivity contribution is 5.68. The molecule has 1 amide bonds. The number of likely N-dealkylation sites (tertiary alicyclic amines) is 1. The van der Waals surface area contributed by atoms with Crippen molar-refractivity contribution in [1.82, 2.24) is 4.90 Å². The number of rotatable bonds is 2. The largest absolute Gasteiger partial charge is 0.444 e. The van der Waals surface area contributed by atoms with Crippen LogP contribution in [0, 0.1) is 28.4 Å². The lowest BCUT2D eigenvalue weighted by Crippen LogP contribution is -2.45. The first-order valence-electron chi connectivity index (χ1n) is 7.97. The minimum Gasteiger partial charge on any atom is -0.444 e. The Hall–Kier alpha value is -2.16.